The quantitative estimate of drug-likeness (QED) is 0.283. The molecular weight excluding hydrogens is 418 g/mol. The van der Waals surface area contributed by atoms with Crippen LogP contribution in [0.1, 0.15) is 27.3 Å². The SMILES string of the molecule is C=CCn1c(CS(=O)(=O)c2ccc(C)cc2)nnc1SCC(=O)c1ccc(C)cc1. The minimum absolute atomic E-state index is 0.0259. The smallest absolute Gasteiger partial charge is 0.191 e. The number of Topliss-reactive ketones (excluding diaryl/α,β-unsaturated/α-hetero) is 1. The maximum atomic E-state index is 12.8. The van der Waals surface area contributed by atoms with Gasteiger partial charge in [0.05, 0.1) is 10.6 Å². The molecule has 1 aromatic heterocycles. The molecule has 0 aliphatic carbocycles. The first-order valence-corrected chi connectivity index (χ1v) is 12.0. The molecule has 3 aromatic rings. The Labute approximate surface area is 181 Å². The van der Waals surface area contributed by atoms with Gasteiger partial charge in [0.25, 0.3) is 0 Å². The number of thioether (sulfide) groups is 1. The Kier molecular flexibility index (Phi) is 6.89. The molecule has 0 amide bonds. The molecule has 0 radical (unpaired) electrons. The van der Waals surface area contributed by atoms with Crippen molar-refractivity contribution in [1.29, 1.82) is 0 Å². The number of allylic oxidation sites excluding steroid dienone is 1. The molecule has 0 unspecified atom stereocenters. The second kappa shape index (κ2) is 9.40. The van der Waals surface area contributed by atoms with E-state index in [2.05, 4.69) is 16.8 Å². The number of aromatic nitrogens is 3. The van der Waals surface area contributed by atoms with E-state index in [1.807, 2.05) is 26.0 Å². The molecule has 30 heavy (non-hydrogen) atoms. The van der Waals surface area contributed by atoms with E-state index < -0.39 is 9.84 Å². The third kappa shape index (κ3) is 5.25. The molecule has 0 atom stereocenters. The number of hydrogen-bond acceptors (Lipinski definition) is 6. The number of sulfone groups is 1. The average molecular weight is 442 g/mol. The normalized spacial score (nSPS) is 11.4. The molecule has 156 valence electrons. The van der Waals surface area contributed by atoms with Crippen LogP contribution in [0.5, 0.6) is 0 Å². The third-order valence-corrected chi connectivity index (χ3v) is 7.11. The summed E-state index contributed by atoms with van der Waals surface area (Å²) in [7, 11) is -3.57. The number of hydrogen-bond donors (Lipinski definition) is 0. The Hall–Kier alpha value is -2.71. The Morgan fingerprint density at radius 2 is 1.63 bits per heavy atom. The van der Waals surface area contributed by atoms with E-state index in [1.54, 1.807) is 47.0 Å². The lowest BCUT2D eigenvalue weighted by Crippen LogP contribution is -2.12. The van der Waals surface area contributed by atoms with E-state index in [0.29, 0.717) is 23.1 Å². The monoisotopic (exact) mass is 441 g/mol. The second-order valence-corrected chi connectivity index (χ2v) is 9.88. The second-order valence-electron chi connectivity index (χ2n) is 6.95. The van der Waals surface area contributed by atoms with E-state index in [4.69, 9.17) is 0 Å². The summed E-state index contributed by atoms with van der Waals surface area (Å²) < 4.78 is 27.3. The van der Waals surface area contributed by atoms with Crippen molar-refractivity contribution >= 4 is 27.4 Å². The number of aryl methyl sites for hydroxylation is 2. The van der Waals surface area contributed by atoms with Crippen molar-refractivity contribution in [2.24, 2.45) is 0 Å². The number of ketones is 1. The zero-order valence-corrected chi connectivity index (χ0v) is 18.5. The van der Waals surface area contributed by atoms with Gasteiger partial charge in [-0.1, -0.05) is 65.4 Å². The van der Waals surface area contributed by atoms with Crippen LogP contribution < -0.4 is 0 Å². The zero-order chi connectivity index (χ0) is 21.7. The fourth-order valence-electron chi connectivity index (χ4n) is 2.80. The van der Waals surface area contributed by atoms with Crippen LogP contribution in [0.25, 0.3) is 0 Å². The Morgan fingerprint density at radius 1 is 1.03 bits per heavy atom. The van der Waals surface area contributed by atoms with Crippen LogP contribution in [0.3, 0.4) is 0 Å². The van der Waals surface area contributed by atoms with Gasteiger partial charge >= 0.3 is 0 Å². The molecule has 0 saturated carbocycles. The highest BCUT2D eigenvalue weighted by Crippen LogP contribution is 2.22. The maximum absolute atomic E-state index is 12.8. The maximum Gasteiger partial charge on any atom is 0.191 e. The number of nitrogens with zero attached hydrogens (tertiary/aromatic N) is 3. The van der Waals surface area contributed by atoms with Gasteiger partial charge in [-0.25, -0.2) is 8.42 Å². The van der Waals surface area contributed by atoms with Gasteiger partial charge in [0, 0.05) is 12.1 Å². The van der Waals surface area contributed by atoms with Crippen molar-refractivity contribution in [3.63, 3.8) is 0 Å². The Balaban J connectivity index is 1.77. The fourth-order valence-corrected chi connectivity index (χ4v) is 4.93. The van der Waals surface area contributed by atoms with Crippen molar-refractivity contribution in [1.82, 2.24) is 14.8 Å². The highest BCUT2D eigenvalue weighted by molar-refractivity contribution is 7.99. The largest absolute Gasteiger partial charge is 0.301 e. The number of carbonyl (C=O) groups excluding carboxylic acids is 1. The molecule has 8 heteroatoms. The van der Waals surface area contributed by atoms with Crippen LogP contribution in [0.4, 0.5) is 0 Å². The molecule has 0 aliphatic heterocycles. The highest BCUT2D eigenvalue weighted by Gasteiger charge is 2.22. The van der Waals surface area contributed by atoms with Crippen LogP contribution in [-0.4, -0.2) is 34.7 Å². The van der Waals surface area contributed by atoms with Crippen molar-refractivity contribution in [2.75, 3.05) is 5.75 Å². The van der Waals surface area contributed by atoms with Gasteiger partial charge in [-0.15, -0.1) is 16.8 Å². The molecule has 0 saturated heterocycles. The topological polar surface area (TPSA) is 81.9 Å². The molecule has 0 aliphatic rings. The van der Waals surface area contributed by atoms with E-state index in [-0.39, 0.29) is 22.2 Å². The molecule has 1 heterocycles. The fraction of sp³-hybridized carbons (Fsp3) is 0.227. The summed E-state index contributed by atoms with van der Waals surface area (Å²) in [5.41, 5.74) is 2.70. The Bertz CT molecular complexity index is 1150. The summed E-state index contributed by atoms with van der Waals surface area (Å²) in [5.74, 6) is 0.203. The summed E-state index contributed by atoms with van der Waals surface area (Å²) >= 11 is 1.24. The molecule has 2 aromatic carbocycles. The number of carbonyl (C=O) groups is 1. The third-order valence-electron chi connectivity index (χ3n) is 4.51. The van der Waals surface area contributed by atoms with E-state index >= 15 is 0 Å². The number of rotatable bonds is 9. The van der Waals surface area contributed by atoms with Gasteiger partial charge in [0.2, 0.25) is 0 Å². The van der Waals surface area contributed by atoms with Crippen LogP contribution in [0, 0.1) is 13.8 Å². The van der Waals surface area contributed by atoms with Crippen molar-refractivity contribution in [2.45, 2.75) is 36.2 Å². The first-order valence-electron chi connectivity index (χ1n) is 9.35. The van der Waals surface area contributed by atoms with Crippen molar-refractivity contribution in [3.05, 3.63) is 83.7 Å². The van der Waals surface area contributed by atoms with Crippen LogP contribution >= 0.6 is 11.8 Å². The highest BCUT2D eigenvalue weighted by atomic mass is 32.2. The lowest BCUT2D eigenvalue weighted by atomic mass is 10.1. The Morgan fingerprint density at radius 3 is 2.23 bits per heavy atom. The molecule has 0 fully saturated rings. The van der Waals surface area contributed by atoms with Crippen LogP contribution in [0.2, 0.25) is 0 Å². The van der Waals surface area contributed by atoms with Gasteiger partial charge in [-0.2, -0.15) is 0 Å². The number of benzene rings is 2. The lowest BCUT2D eigenvalue weighted by molar-refractivity contribution is 0.102. The lowest BCUT2D eigenvalue weighted by Gasteiger charge is -2.09. The minimum atomic E-state index is -3.57. The molecule has 0 spiro atoms. The van der Waals surface area contributed by atoms with E-state index in [9.17, 15) is 13.2 Å². The summed E-state index contributed by atoms with van der Waals surface area (Å²) in [6.45, 7) is 7.95. The van der Waals surface area contributed by atoms with Crippen molar-refractivity contribution in [3.8, 4) is 0 Å². The van der Waals surface area contributed by atoms with Crippen molar-refractivity contribution < 1.29 is 13.2 Å². The van der Waals surface area contributed by atoms with E-state index in [0.717, 1.165) is 11.1 Å². The molecule has 6 nitrogen and oxygen atoms in total. The zero-order valence-electron chi connectivity index (χ0n) is 16.9. The summed E-state index contributed by atoms with van der Waals surface area (Å²) in [6.07, 6.45) is 1.65. The molecular formula is C22H23N3O3S2. The first-order chi connectivity index (χ1) is 14.3. The standard InChI is InChI=1S/C22H23N3O3S2/c1-4-13-25-21(15-30(27,28)19-11-7-17(3)8-12-19)23-24-22(25)29-14-20(26)18-9-5-16(2)6-10-18/h4-12H,1,13-15H2,2-3H3. The van der Waals surface area contributed by atoms with Gasteiger partial charge in [-0.05, 0) is 26.0 Å². The summed E-state index contributed by atoms with van der Waals surface area (Å²) in [5, 5.41) is 8.69. The van der Waals surface area contributed by atoms with Crippen LogP contribution in [-0.2, 0) is 22.1 Å². The summed E-state index contributed by atoms with van der Waals surface area (Å²) in [6, 6.07) is 14.1. The first kappa shape index (κ1) is 22.0. The molecule has 0 bridgehead atoms. The van der Waals surface area contributed by atoms with E-state index in [1.165, 1.54) is 11.8 Å². The molecule has 0 N–H and O–H groups in total. The summed E-state index contributed by atoms with van der Waals surface area (Å²) in [4.78, 5) is 12.7. The van der Waals surface area contributed by atoms with Gasteiger partial charge in [-0.3, -0.25) is 4.79 Å². The predicted octanol–water partition coefficient (Wildman–Crippen LogP) is 4.03. The predicted molar refractivity (Wildman–Crippen MR) is 119 cm³/mol. The van der Waals surface area contributed by atoms with Gasteiger partial charge in [0.1, 0.15) is 11.6 Å². The minimum Gasteiger partial charge on any atom is -0.301 e. The van der Waals surface area contributed by atoms with Gasteiger partial charge in [0.15, 0.2) is 20.8 Å². The average Bonchev–Trinajstić information content (AvgIpc) is 3.08. The van der Waals surface area contributed by atoms with Crippen LogP contribution in [0.15, 0.2) is 71.2 Å². The molecule has 3 rings (SSSR count). The van der Waals surface area contributed by atoms with Gasteiger partial charge < -0.3 is 4.57 Å².